The van der Waals surface area contributed by atoms with Gasteiger partial charge in [0.05, 0.1) is 30.2 Å². The van der Waals surface area contributed by atoms with E-state index in [1.807, 2.05) is 24.8 Å². The van der Waals surface area contributed by atoms with Crippen molar-refractivity contribution in [1.29, 1.82) is 10.8 Å². The molecule has 7 nitrogen and oxygen atoms in total. The van der Waals surface area contributed by atoms with E-state index in [1.165, 1.54) is 0 Å². The first-order valence-electron chi connectivity index (χ1n) is 9.93. The Hall–Kier alpha value is -1.93. The number of amidine groups is 1. The van der Waals surface area contributed by atoms with Crippen LogP contribution in [0.2, 0.25) is 0 Å². The number of piperidine rings is 1. The van der Waals surface area contributed by atoms with E-state index in [-0.39, 0.29) is 37.6 Å². The molecule has 0 spiro atoms. The SMILES string of the molecule is CC(C)OC1C=CC(=N)C(C(=N)C2=NCN=C(N3CCC(F)(CO)CC3)C2)C1. The molecule has 1 fully saturated rings. The monoisotopic (exact) mass is 391 g/mol. The van der Waals surface area contributed by atoms with Gasteiger partial charge in [0.25, 0.3) is 0 Å². The third-order valence-electron chi connectivity index (χ3n) is 5.59. The second kappa shape index (κ2) is 8.61. The number of nitrogens with zero attached hydrogens (tertiary/aromatic N) is 3. The van der Waals surface area contributed by atoms with E-state index in [0.29, 0.717) is 43.1 Å². The third-order valence-corrected chi connectivity index (χ3v) is 5.59. The van der Waals surface area contributed by atoms with Gasteiger partial charge in [-0.3, -0.25) is 4.99 Å². The van der Waals surface area contributed by atoms with Crippen LogP contribution in [0.1, 0.15) is 39.5 Å². The first-order chi connectivity index (χ1) is 13.3. The lowest BCUT2D eigenvalue weighted by Crippen LogP contribution is -2.48. The Labute approximate surface area is 165 Å². The van der Waals surface area contributed by atoms with Gasteiger partial charge in [-0.05, 0) is 26.3 Å². The molecular weight excluding hydrogens is 361 g/mol. The number of likely N-dealkylation sites (tertiary alicyclic amines) is 1. The minimum atomic E-state index is -1.50. The van der Waals surface area contributed by atoms with Gasteiger partial charge in [-0.1, -0.05) is 6.08 Å². The molecule has 154 valence electrons. The Morgan fingerprint density at radius 1 is 1.39 bits per heavy atom. The van der Waals surface area contributed by atoms with E-state index in [1.54, 1.807) is 6.08 Å². The van der Waals surface area contributed by atoms with Crippen LogP contribution in [0.15, 0.2) is 22.1 Å². The fourth-order valence-corrected chi connectivity index (χ4v) is 3.87. The minimum Gasteiger partial charge on any atom is -0.393 e. The maximum Gasteiger partial charge on any atom is 0.137 e. The first kappa shape index (κ1) is 20.8. The summed E-state index contributed by atoms with van der Waals surface area (Å²) in [4.78, 5) is 10.9. The Morgan fingerprint density at radius 2 is 2.11 bits per heavy atom. The second-order valence-corrected chi connectivity index (χ2v) is 8.03. The van der Waals surface area contributed by atoms with E-state index >= 15 is 0 Å². The topological polar surface area (TPSA) is 105 Å². The number of hydrogen-bond acceptors (Lipinski definition) is 7. The molecule has 0 amide bonds. The number of halogens is 1. The lowest BCUT2D eigenvalue weighted by atomic mass is 9.83. The zero-order chi connectivity index (χ0) is 20.3. The number of hydrogen-bond donors (Lipinski definition) is 3. The Morgan fingerprint density at radius 3 is 2.75 bits per heavy atom. The molecule has 2 atom stereocenters. The van der Waals surface area contributed by atoms with Gasteiger partial charge in [-0.2, -0.15) is 0 Å². The minimum absolute atomic E-state index is 0.0863. The molecule has 0 bridgehead atoms. The molecule has 0 aromatic rings. The van der Waals surface area contributed by atoms with Crippen molar-refractivity contribution in [3.05, 3.63) is 12.2 Å². The molecule has 3 rings (SSSR count). The predicted molar refractivity (Wildman–Crippen MR) is 109 cm³/mol. The summed E-state index contributed by atoms with van der Waals surface area (Å²) in [6.07, 6.45) is 5.16. The first-order valence-corrected chi connectivity index (χ1v) is 9.93. The molecule has 2 aliphatic heterocycles. The average Bonchev–Trinajstić information content (AvgIpc) is 2.69. The van der Waals surface area contributed by atoms with E-state index in [9.17, 15) is 9.50 Å². The molecule has 28 heavy (non-hydrogen) atoms. The Bertz CT molecular complexity index is 707. The number of aliphatic imine (C=N–C) groups is 2. The van der Waals surface area contributed by atoms with Gasteiger partial charge in [-0.15, -0.1) is 0 Å². The van der Waals surface area contributed by atoms with Crippen LogP contribution in [0, 0.1) is 16.7 Å². The van der Waals surface area contributed by atoms with Crippen molar-refractivity contribution in [2.75, 3.05) is 26.4 Å². The van der Waals surface area contributed by atoms with Crippen molar-refractivity contribution in [2.45, 2.75) is 57.4 Å². The van der Waals surface area contributed by atoms with Crippen molar-refractivity contribution in [3.63, 3.8) is 0 Å². The summed E-state index contributed by atoms with van der Waals surface area (Å²) in [7, 11) is 0. The van der Waals surface area contributed by atoms with E-state index in [0.717, 1.165) is 5.84 Å². The molecule has 8 heteroatoms. The van der Waals surface area contributed by atoms with Crippen molar-refractivity contribution < 1.29 is 14.2 Å². The van der Waals surface area contributed by atoms with Gasteiger partial charge in [0.15, 0.2) is 0 Å². The summed E-state index contributed by atoms with van der Waals surface area (Å²) in [5, 5.41) is 26.1. The fourth-order valence-electron chi connectivity index (χ4n) is 3.87. The van der Waals surface area contributed by atoms with Crippen LogP contribution in [0.5, 0.6) is 0 Å². The molecule has 2 unspecified atom stereocenters. The number of aliphatic hydroxyl groups is 1. The molecule has 1 saturated heterocycles. The maximum absolute atomic E-state index is 14.2. The van der Waals surface area contributed by atoms with E-state index in [4.69, 9.17) is 15.6 Å². The van der Waals surface area contributed by atoms with Gasteiger partial charge < -0.3 is 25.6 Å². The largest absolute Gasteiger partial charge is 0.393 e. The number of alkyl halides is 1. The average molecular weight is 391 g/mol. The predicted octanol–water partition coefficient (Wildman–Crippen LogP) is 2.39. The molecule has 3 aliphatic rings. The van der Waals surface area contributed by atoms with E-state index < -0.39 is 12.3 Å². The van der Waals surface area contributed by atoms with Gasteiger partial charge >= 0.3 is 0 Å². The zero-order valence-corrected chi connectivity index (χ0v) is 16.6. The van der Waals surface area contributed by atoms with Crippen LogP contribution in [-0.4, -0.2) is 77.2 Å². The summed E-state index contributed by atoms with van der Waals surface area (Å²) < 4.78 is 20.1. The zero-order valence-electron chi connectivity index (χ0n) is 16.6. The highest BCUT2D eigenvalue weighted by atomic mass is 19.1. The highest BCUT2D eigenvalue weighted by molar-refractivity contribution is 6.48. The molecule has 0 saturated carbocycles. The highest BCUT2D eigenvalue weighted by Gasteiger charge is 2.36. The molecule has 1 aliphatic carbocycles. The molecule has 3 N–H and O–H groups in total. The lowest BCUT2D eigenvalue weighted by molar-refractivity contribution is 0.0238. The number of aliphatic hydroxyl groups excluding tert-OH is 1. The summed E-state index contributed by atoms with van der Waals surface area (Å²) in [6.45, 7) is 4.77. The standard InChI is InChI=1S/C20H30FN5O2/c1-13(2)28-14-3-4-16(22)15(9-14)19(23)17-10-18(25-12-24-17)26-7-5-20(21,11-27)6-8-26/h3-4,13-15,22-23,27H,5-12H2,1-2H3. The van der Waals surface area contributed by atoms with Gasteiger partial charge in [0.1, 0.15) is 18.2 Å². The number of nitrogens with one attached hydrogen (secondary N) is 2. The van der Waals surface area contributed by atoms with Crippen LogP contribution in [0.3, 0.4) is 0 Å². The van der Waals surface area contributed by atoms with Crippen LogP contribution in [0.4, 0.5) is 4.39 Å². The fraction of sp³-hybridized carbons (Fsp3) is 0.700. The van der Waals surface area contributed by atoms with Crippen molar-refractivity contribution in [3.8, 4) is 0 Å². The summed E-state index contributed by atoms with van der Waals surface area (Å²) >= 11 is 0. The third kappa shape index (κ3) is 4.72. The smallest absolute Gasteiger partial charge is 0.137 e. The molecule has 0 aromatic carbocycles. The van der Waals surface area contributed by atoms with Crippen LogP contribution >= 0.6 is 0 Å². The van der Waals surface area contributed by atoms with Crippen molar-refractivity contribution in [1.82, 2.24) is 4.90 Å². The van der Waals surface area contributed by atoms with Crippen LogP contribution in [0.25, 0.3) is 0 Å². The number of ether oxygens (including phenoxy) is 1. The lowest BCUT2D eigenvalue weighted by Gasteiger charge is -2.38. The molecular formula is C20H30FN5O2. The quantitative estimate of drug-likeness (QED) is 0.627. The second-order valence-electron chi connectivity index (χ2n) is 8.03. The molecule has 0 aromatic heterocycles. The number of rotatable bonds is 5. The van der Waals surface area contributed by atoms with Crippen LogP contribution in [-0.2, 0) is 4.74 Å². The van der Waals surface area contributed by atoms with Crippen molar-refractivity contribution >= 4 is 23.0 Å². The molecule has 2 heterocycles. The van der Waals surface area contributed by atoms with Gasteiger partial charge in [0.2, 0.25) is 0 Å². The van der Waals surface area contributed by atoms with Gasteiger partial charge in [0, 0.05) is 44.0 Å². The number of allylic oxidation sites excluding steroid dienone is 1. The maximum atomic E-state index is 14.2. The van der Waals surface area contributed by atoms with Crippen molar-refractivity contribution in [2.24, 2.45) is 15.9 Å². The summed E-state index contributed by atoms with van der Waals surface area (Å²) in [6, 6.07) is 0. The van der Waals surface area contributed by atoms with Crippen LogP contribution < -0.4 is 0 Å². The highest BCUT2D eigenvalue weighted by Crippen LogP contribution is 2.27. The van der Waals surface area contributed by atoms with E-state index in [2.05, 4.69) is 9.98 Å². The Balaban J connectivity index is 1.62. The summed E-state index contributed by atoms with van der Waals surface area (Å²) in [5.74, 6) is 0.490. The summed E-state index contributed by atoms with van der Waals surface area (Å²) in [5.41, 5.74) is -0.0861. The van der Waals surface area contributed by atoms with Gasteiger partial charge in [-0.25, -0.2) is 9.38 Å². The normalized spacial score (nSPS) is 27.6. The Kier molecular flexibility index (Phi) is 6.40. The molecule has 0 radical (unpaired) electrons.